The number of carbonyl (C=O) groups is 1. The maximum atomic E-state index is 11.7. The zero-order chi connectivity index (χ0) is 11.5. The van der Waals surface area contributed by atoms with Gasteiger partial charge in [0.1, 0.15) is 11.5 Å². The van der Waals surface area contributed by atoms with Crippen LogP contribution in [0.3, 0.4) is 0 Å². The van der Waals surface area contributed by atoms with E-state index < -0.39 is 0 Å². The van der Waals surface area contributed by atoms with Crippen LogP contribution in [0.25, 0.3) is 0 Å². The molecule has 0 aliphatic carbocycles. The van der Waals surface area contributed by atoms with Crippen LogP contribution in [0.1, 0.15) is 10.5 Å². The van der Waals surface area contributed by atoms with Crippen molar-refractivity contribution in [2.45, 2.75) is 0 Å². The highest BCUT2D eigenvalue weighted by Gasteiger charge is 2.08. The Morgan fingerprint density at radius 1 is 1.44 bits per heavy atom. The molecule has 0 saturated heterocycles. The number of aryl methyl sites for hydroxylation is 1. The summed E-state index contributed by atoms with van der Waals surface area (Å²) in [6, 6.07) is 6.59. The second kappa shape index (κ2) is 4.01. The molecule has 0 aliphatic heterocycles. The summed E-state index contributed by atoms with van der Waals surface area (Å²) in [5, 5.41) is 6.64. The molecule has 0 bridgehead atoms. The molecule has 3 N–H and O–H groups in total. The van der Waals surface area contributed by atoms with E-state index in [9.17, 15) is 4.79 Å². The van der Waals surface area contributed by atoms with E-state index in [2.05, 4.69) is 15.4 Å². The maximum absolute atomic E-state index is 11.7. The van der Waals surface area contributed by atoms with Gasteiger partial charge in [0.15, 0.2) is 5.82 Å². The third-order valence-corrected chi connectivity index (χ3v) is 1.96. The van der Waals surface area contributed by atoms with E-state index in [0.29, 0.717) is 11.6 Å². The predicted octanol–water partition coefficient (Wildman–Crippen LogP) is 0.650. The van der Waals surface area contributed by atoms with E-state index >= 15 is 0 Å². The van der Waals surface area contributed by atoms with Crippen molar-refractivity contribution in [1.29, 1.82) is 0 Å². The largest absolute Gasteiger partial charge is 0.384 e. The van der Waals surface area contributed by atoms with Crippen LogP contribution in [-0.2, 0) is 7.05 Å². The molecule has 2 heterocycles. The lowest BCUT2D eigenvalue weighted by atomic mass is 10.3. The molecular formula is C10H11N5O. The number of rotatable bonds is 2. The first-order valence-corrected chi connectivity index (χ1v) is 4.69. The molecule has 6 heteroatoms. The van der Waals surface area contributed by atoms with Crippen molar-refractivity contribution < 1.29 is 4.79 Å². The van der Waals surface area contributed by atoms with Crippen LogP contribution in [0, 0.1) is 0 Å². The average molecular weight is 217 g/mol. The van der Waals surface area contributed by atoms with Crippen LogP contribution < -0.4 is 11.1 Å². The van der Waals surface area contributed by atoms with Crippen LogP contribution in [-0.4, -0.2) is 20.7 Å². The second-order valence-electron chi connectivity index (χ2n) is 3.28. The minimum absolute atomic E-state index is 0.269. The first-order valence-electron chi connectivity index (χ1n) is 4.69. The minimum Gasteiger partial charge on any atom is -0.384 e. The Kier molecular flexibility index (Phi) is 2.55. The number of nitrogens with two attached hydrogens (primary N) is 1. The molecule has 0 atom stereocenters. The zero-order valence-corrected chi connectivity index (χ0v) is 8.71. The summed E-state index contributed by atoms with van der Waals surface area (Å²) in [5.74, 6) is 0.469. The molecule has 0 aromatic carbocycles. The fourth-order valence-electron chi connectivity index (χ4n) is 1.24. The molecule has 82 valence electrons. The maximum Gasteiger partial charge on any atom is 0.275 e. The number of hydrogen-bond acceptors (Lipinski definition) is 4. The Balaban J connectivity index is 2.14. The highest BCUT2D eigenvalue weighted by atomic mass is 16.1. The number of nitrogens with zero attached hydrogens (tertiary/aromatic N) is 3. The molecule has 2 aromatic heterocycles. The first-order chi connectivity index (χ1) is 7.65. The molecule has 0 aliphatic rings. The van der Waals surface area contributed by atoms with Gasteiger partial charge in [0, 0.05) is 19.3 Å². The summed E-state index contributed by atoms with van der Waals surface area (Å²) in [6.07, 6.45) is 1.74. The number of anilines is 2. The molecule has 0 unspecified atom stereocenters. The van der Waals surface area contributed by atoms with Crippen molar-refractivity contribution in [2.75, 3.05) is 11.1 Å². The van der Waals surface area contributed by atoms with Crippen LogP contribution in [0.4, 0.5) is 11.6 Å². The van der Waals surface area contributed by atoms with Gasteiger partial charge in [0.25, 0.3) is 5.91 Å². The normalized spacial score (nSPS) is 10.1. The van der Waals surface area contributed by atoms with Crippen LogP contribution in [0.2, 0.25) is 0 Å². The number of aromatic nitrogens is 3. The SMILES string of the molecule is Cn1ccc(NC(=O)c2cccc(N)n2)n1. The first kappa shape index (κ1) is 10.2. The number of nitrogens with one attached hydrogen (secondary N) is 1. The topological polar surface area (TPSA) is 85.8 Å². The average Bonchev–Trinajstić information content (AvgIpc) is 2.64. The van der Waals surface area contributed by atoms with Crippen LogP contribution in [0.5, 0.6) is 0 Å². The van der Waals surface area contributed by atoms with Crippen molar-refractivity contribution in [2.24, 2.45) is 7.05 Å². The Hall–Kier alpha value is -2.37. The lowest BCUT2D eigenvalue weighted by molar-refractivity contribution is 0.102. The van der Waals surface area contributed by atoms with Crippen molar-refractivity contribution in [3.05, 3.63) is 36.2 Å². The quantitative estimate of drug-likeness (QED) is 0.773. The zero-order valence-electron chi connectivity index (χ0n) is 8.71. The molecule has 1 amide bonds. The van der Waals surface area contributed by atoms with E-state index in [-0.39, 0.29) is 11.6 Å². The summed E-state index contributed by atoms with van der Waals surface area (Å²) in [6.45, 7) is 0. The highest BCUT2D eigenvalue weighted by molar-refractivity contribution is 6.02. The smallest absolute Gasteiger partial charge is 0.275 e. The van der Waals surface area contributed by atoms with Gasteiger partial charge < -0.3 is 11.1 Å². The van der Waals surface area contributed by atoms with Gasteiger partial charge in [-0.25, -0.2) is 4.98 Å². The Labute approximate surface area is 92.1 Å². The molecule has 0 saturated carbocycles. The summed E-state index contributed by atoms with van der Waals surface area (Å²) < 4.78 is 1.60. The molecule has 16 heavy (non-hydrogen) atoms. The Morgan fingerprint density at radius 2 is 2.25 bits per heavy atom. The van der Waals surface area contributed by atoms with E-state index in [1.165, 1.54) is 0 Å². The molecule has 2 rings (SSSR count). The van der Waals surface area contributed by atoms with Crippen molar-refractivity contribution in [3.63, 3.8) is 0 Å². The van der Waals surface area contributed by atoms with E-state index in [0.717, 1.165) is 0 Å². The van der Waals surface area contributed by atoms with Gasteiger partial charge in [-0.15, -0.1) is 0 Å². The van der Waals surface area contributed by atoms with Gasteiger partial charge in [-0.2, -0.15) is 5.10 Å². The molecule has 0 radical (unpaired) electrons. The van der Waals surface area contributed by atoms with Crippen molar-refractivity contribution in [1.82, 2.24) is 14.8 Å². The van der Waals surface area contributed by atoms with Crippen LogP contribution >= 0.6 is 0 Å². The van der Waals surface area contributed by atoms with Gasteiger partial charge in [0.05, 0.1) is 0 Å². The molecular weight excluding hydrogens is 206 g/mol. The third kappa shape index (κ3) is 2.17. The van der Waals surface area contributed by atoms with Crippen molar-refractivity contribution >= 4 is 17.5 Å². The fraction of sp³-hybridized carbons (Fsp3) is 0.100. The minimum atomic E-state index is -0.328. The third-order valence-electron chi connectivity index (χ3n) is 1.96. The standard InChI is InChI=1S/C10H11N5O/c1-15-6-5-9(14-15)13-10(16)7-3-2-4-8(11)12-7/h2-6H,1H3,(H2,11,12)(H,13,14,16). The summed E-state index contributed by atoms with van der Waals surface area (Å²) >= 11 is 0. The van der Waals surface area contributed by atoms with Crippen molar-refractivity contribution in [3.8, 4) is 0 Å². The molecule has 2 aromatic rings. The summed E-state index contributed by atoms with van der Waals surface area (Å²) in [5.41, 5.74) is 5.75. The van der Waals surface area contributed by atoms with Gasteiger partial charge in [-0.1, -0.05) is 6.07 Å². The van der Waals surface area contributed by atoms with E-state index in [1.54, 1.807) is 42.2 Å². The monoisotopic (exact) mass is 217 g/mol. The predicted molar refractivity (Wildman–Crippen MR) is 59.8 cm³/mol. The fourth-order valence-corrected chi connectivity index (χ4v) is 1.24. The Bertz CT molecular complexity index is 519. The number of nitrogen functional groups attached to an aromatic ring is 1. The lowest BCUT2D eigenvalue weighted by Gasteiger charge is -2.01. The summed E-state index contributed by atoms with van der Waals surface area (Å²) in [4.78, 5) is 15.6. The number of pyridine rings is 1. The van der Waals surface area contributed by atoms with Gasteiger partial charge in [0.2, 0.25) is 0 Å². The van der Waals surface area contributed by atoms with Gasteiger partial charge in [-0.05, 0) is 12.1 Å². The van der Waals surface area contributed by atoms with Gasteiger partial charge in [-0.3, -0.25) is 9.48 Å². The Morgan fingerprint density at radius 3 is 2.88 bits per heavy atom. The number of amides is 1. The molecule has 0 spiro atoms. The second-order valence-corrected chi connectivity index (χ2v) is 3.28. The molecule has 6 nitrogen and oxygen atoms in total. The summed E-state index contributed by atoms with van der Waals surface area (Å²) in [7, 11) is 1.77. The van der Waals surface area contributed by atoms with E-state index in [1.807, 2.05) is 0 Å². The molecule has 0 fully saturated rings. The van der Waals surface area contributed by atoms with Gasteiger partial charge >= 0.3 is 0 Å². The number of carbonyl (C=O) groups excluding carboxylic acids is 1. The lowest BCUT2D eigenvalue weighted by Crippen LogP contribution is -2.14. The van der Waals surface area contributed by atoms with E-state index in [4.69, 9.17) is 5.73 Å². The number of hydrogen-bond donors (Lipinski definition) is 2. The van der Waals surface area contributed by atoms with Crippen LogP contribution in [0.15, 0.2) is 30.5 Å². The highest BCUT2D eigenvalue weighted by Crippen LogP contribution is 2.05.